The predicted octanol–water partition coefficient (Wildman–Crippen LogP) is 1.14. The lowest BCUT2D eigenvalue weighted by Crippen LogP contribution is -2.42. The maximum Gasteiger partial charge on any atom is 0.238 e. The fraction of sp³-hybridized carbons (Fsp3) is 0.889. The molecule has 1 aliphatic heterocycles. The standard InChI is InChI=1S/C9H16BrNO2S/c1-9(2,10)8(12)11-4-3-6-14(13)7-5-11/h3-7H2,1-2H3. The molecule has 1 rings (SSSR count). The van der Waals surface area contributed by atoms with Crippen molar-refractivity contribution in [3.63, 3.8) is 0 Å². The average Bonchev–Trinajstić information content (AvgIpc) is 2.27. The number of halogens is 1. The number of nitrogens with zero attached hydrogens (tertiary/aromatic N) is 1. The van der Waals surface area contributed by atoms with E-state index in [1.54, 1.807) is 4.90 Å². The van der Waals surface area contributed by atoms with E-state index in [9.17, 15) is 9.00 Å². The minimum Gasteiger partial charge on any atom is -0.341 e. The summed E-state index contributed by atoms with van der Waals surface area (Å²) in [5.41, 5.74) is 0. The van der Waals surface area contributed by atoms with Gasteiger partial charge in [0.2, 0.25) is 5.91 Å². The van der Waals surface area contributed by atoms with Crippen molar-refractivity contribution in [1.29, 1.82) is 0 Å². The van der Waals surface area contributed by atoms with Crippen molar-refractivity contribution in [2.75, 3.05) is 24.6 Å². The smallest absolute Gasteiger partial charge is 0.238 e. The van der Waals surface area contributed by atoms with Crippen LogP contribution >= 0.6 is 15.9 Å². The van der Waals surface area contributed by atoms with Gasteiger partial charge in [-0.1, -0.05) is 15.9 Å². The van der Waals surface area contributed by atoms with E-state index in [4.69, 9.17) is 0 Å². The first-order chi connectivity index (χ1) is 6.41. The second-order valence-corrected chi connectivity index (χ2v) is 7.64. The highest BCUT2D eigenvalue weighted by Gasteiger charge is 2.29. The maximum atomic E-state index is 11.9. The highest BCUT2D eigenvalue weighted by atomic mass is 79.9. The number of carbonyl (C=O) groups is 1. The van der Waals surface area contributed by atoms with Crippen LogP contribution in [0.4, 0.5) is 0 Å². The third kappa shape index (κ3) is 3.35. The van der Waals surface area contributed by atoms with Crippen LogP contribution in [0.25, 0.3) is 0 Å². The molecule has 14 heavy (non-hydrogen) atoms. The monoisotopic (exact) mass is 281 g/mol. The fourth-order valence-corrected chi connectivity index (χ4v) is 2.75. The zero-order chi connectivity index (χ0) is 10.8. The van der Waals surface area contributed by atoms with E-state index in [-0.39, 0.29) is 5.91 Å². The summed E-state index contributed by atoms with van der Waals surface area (Å²) < 4.78 is 10.8. The zero-order valence-corrected chi connectivity index (χ0v) is 11.0. The highest BCUT2D eigenvalue weighted by molar-refractivity contribution is 9.10. The normalized spacial score (nSPS) is 24.5. The minimum atomic E-state index is -0.731. The Bertz CT molecular complexity index is 250. The van der Waals surface area contributed by atoms with E-state index in [2.05, 4.69) is 15.9 Å². The molecule has 0 spiro atoms. The molecule has 1 atom stereocenters. The maximum absolute atomic E-state index is 11.9. The molecule has 5 heteroatoms. The lowest BCUT2D eigenvalue weighted by Gasteiger charge is -2.26. The summed E-state index contributed by atoms with van der Waals surface area (Å²) in [7, 11) is -0.731. The van der Waals surface area contributed by atoms with E-state index in [1.165, 1.54) is 0 Å². The first kappa shape index (κ1) is 12.2. The van der Waals surface area contributed by atoms with Gasteiger partial charge >= 0.3 is 0 Å². The molecular weight excluding hydrogens is 266 g/mol. The molecule has 1 amide bonds. The van der Waals surface area contributed by atoms with Crippen LogP contribution in [0.3, 0.4) is 0 Å². The molecule has 0 aromatic carbocycles. The summed E-state index contributed by atoms with van der Waals surface area (Å²) in [6.07, 6.45) is 0.849. The minimum absolute atomic E-state index is 0.0939. The predicted molar refractivity (Wildman–Crippen MR) is 62.1 cm³/mol. The molecule has 1 unspecified atom stereocenters. The highest BCUT2D eigenvalue weighted by Crippen LogP contribution is 2.20. The summed E-state index contributed by atoms with van der Waals surface area (Å²) in [5, 5.41) is 0. The molecule has 1 heterocycles. The van der Waals surface area contributed by atoms with Gasteiger partial charge in [0.1, 0.15) is 0 Å². The number of carbonyl (C=O) groups excluding carboxylic acids is 1. The van der Waals surface area contributed by atoms with Gasteiger partial charge in [-0.3, -0.25) is 9.00 Å². The summed E-state index contributed by atoms with van der Waals surface area (Å²) in [4.78, 5) is 13.7. The Labute approximate surface area is 95.8 Å². The van der Waals surface area contributed by atoms with Crippen LogP contribution in [0, 0.1) is 0 Å². The molecule has 0 radical (unpaired) electrons. The van der Waals surface area contributed by atoms with Crippen LogP contribution in [0.15, 0.2) is 0 Å². The quantitative estimate of drug-likeness (QED) is 0.676. The molecule has 0 bridgehead atoms. The van der Waals surface area contributed by atoms with Gasteiger partial charge in [-0.25, -0.2) is 0 Å². The van der Waals surface area contributed by atoms with E-state index < -0.39 is 15.1 Å². The van der Waals surface area contributed by atoms with Crippen molar-refractivity contribution >= 4 is 32.6 Å². The molecule has 1 saturated heterocycles. The lowest BCUT2D eigenvalue weighted by atomic mass is 10.2. The first-order valence-electron chi connectivity index (χ1n) is 4.74. The van der Waals surface area contributed by atoms with Crippen LogP contribution in [0.5, 0.6) is 0 Å². The van der Waals surface area contributed by atoms with Gasteiger partial charge in [0.15, 0.2) is 0 Å². The van der Waals surface area contributed by atoms with Gasteiger partial charge < -0.3 is 4.90 Å². The van der Waals surface area contributed by atoms with Crippen LogP contribution in [0.1, 0.15) is 20.3 Å². The Hall–Kier alpha value is 0.1000. The number of alkyl halides is 1. The van der Waals surface area contributed by atoms with Crippen LogP contribution in [0.2, 0.25) is 0 Å². The van der Waals surface area contributed by atoms with Crippen molar-refractivity contribution in [1.82, 2.24) is 4.90 Å². The van der Waals surface area contributed by atoms with Crippen LogP contribution in [-0.2, 0) is 15.6 Å². The second-order valence-electron chi connectivity index (χ2n) is 3.97. The van der Waals surface area contributed by atoms with Gasteiger partial charge in [-0.05, 0) is 20.3 Å². The second kappa shape index (κ2) is 4.75. The van der Waals surface area contributed by atoms with E-state index in [0.717, 1.165) is 18.7 Å². The van der Waals surface area contributed by atoms with Crippen LogP contribution in [-0.4, -0.2) is 43.9 Å². The van der Waals surface area contributed by atoms with Crippen molar-refractivity contribution in [2.24, 2.45) is 0 Å². The molecule has 0 aromatic rings. The van der Waals surface area contributed by atoms with Gasteiger partial charge in [0.05, 0.1) is 4.32 Å². The van der Waals surface area contributed by atoms with Gasteiger partial charge in [0, 0.05) is 35.4 Å². The van der Waals surface area contributed by atoms with Crippen molar-refractivity contribution < 1.29 is 9.00 Å². The Morgan fingerprint density at radius 2 is 2.00 bits per heavy atom. The number of hydrogen-bond acceptors (Lipinski definition) is 2. The van der Waals surface area contributed by atoms with Gasteiger partial charge in [-0.15, -0.1) is 0 Å². The third-order valence-electron chi connectivity index (χ3n) is 2.18. The molecule has 82 valence electrons. The SMILES string of the molecule is CC(C)(Br)C(=O)N1CCCS(=O)CC1. The molecule has 0 N–H and O–H groups in total. The van der Waals surface area contributed by atoms with Crippen molar-refractivity contribution in [2.45, 2.75) is 24.6 Å². The number of rotatable bonds is 1. The third-order valence-corrected chi connectivity index (χ3v) is 3.91. The molecule has 0 aromatic heterocycles. The number of amides is 1. The Morgan fingerprint density at radius 1 is 1.36 bits per heavy atom. The Morgan fingerprint density at radius 3 is 2.57 bits per heavy atom. The first-order valence-corrected chi connectivity index (χ1v) is 7.02. The molecule has 0 saturated carbocycles. The van der Waals surface area contributed by atoms with Gasteiger partial charge in [-0.2, -0.15) is 0 Å². The Balaban J connectivity index is 2.60. The summed E-state index contributed by atoms with van der Waals surface area (Å²) in [5.74, 6) is 1.44. The lowest BCUT2D eigenvalue weighted by molar-refractivity contribution is -0.132. The van der Waals surface area contributed by atoms with Crippen molar-refractivity contribution in [3.8, 4) is 0 Å². The van der Waals surface area contributed by atoms with Gasteiger partial charge in [0.25, 0.3) is 0 Å². The summed E-state index contributed by atoms with van der Waals surface area (Å²) in [6.45, 7) is 5.05. The molecule has 1 aliphatic rings. The van der Waals surface area contributed by atoms with E-state index in [1.807, 2.05) is 13.8 Å². The Kier molecular flexibility index (Phi) is 4.13. The molecular formula is C9H16BrNO2S. The molecule has 1 fully saturated rings. The zero-order valence-electron chi connectivity index (χ0n) is 8.59. The molecule has 0 aliphatic carbocycles. The van der Waals surface area contributed by atoms with Crippen molar-refractivity contribution in [3.05, 3.63) is 0 Å². The van der Waals surface area contributed by atoms with E-state index >= 15 is 0 Å². The molecule has 3 nitrogen and oxygen atoms in total. The topological polar surface area (TPSA) is 37.4 Å². The summed E-state index contributed by atoms with van der Waals surface area (Å²) >= 11 is 3.35. The fourth-order valence-electron chi connectivity index (χ4n) is 1.42. The average molecular weight is 282 g/mol. The largest absolute Gasteiger partial charge is 0.341 e. The van der Waals surface area contributed by atoms with Crippen LogP contribution < -0.4 is 0 Å². The van der Waals surface area contributed by atoms with E-state index in [0.29, 0.717) is 12.3 Å². The number of hydrogen-bond donors (Lipinski definition) is 0. The summed E-state index contributed by atoms with van der Waals surface area (Å²) in [6, 6.07) is 0.